The van der Waals surface area contributed by atoms with Gasteiger partial charge in [-0.2, -0.15) is 0 Å². The Morgan fingerprint density at radius 2 is 1.00 bits per heavy atom. The number of hydrogen-bond donors (Lipinski definition) is 0. The van der Waals surface area contributed by atoms with Gasteiger partial charge in [0.1, 0.15) is 0 Å². The predicted molar refractivity (Wildman–Crippen MR) is 62.4 cm³/mol. The Bertz CT molecular complexity index is 249. The van der Waals surface area contributed by atoms with Crippen molar-refractivity contribution in [2.45, 2.75) is 27.7 Å². The molecule has 12 heavy (non-hydrogen) atoms. The smallest absolute Gasteiger partial charge is 0.0537 e. The van der Waals surface area contributed by atoms with Crippen molar-refractivity contribution in [2.24, 2.45) is 0 Å². The zero-order valence-corrected chi connectivity index (χ0v) is 10.9. The molecule has 0 aromatic rings. The fourth-order valence-corrected chi connectivity index (χ4v) is 0.558. The van der Waals surface area contributed by atoms with E-state index in [-0.39, 0.29) is 0 Å². The number of halogens is 2. The summed E-state index contributed by atoms with van der Waals surface area (Å²) in [4.78, 5) is 0. The summed E-state index contributed by atoms with van der Waals surface area (Å²) in [5, 5.41) is 0. The summed E-state index contributed by atoms with van der Waals surface area (Å²) in [6.45, 7) is 8.09. The predicted octanol–water partition coefficient (Wildman–Crippen LogP) is 4.37. The molecule has 0 rings (SSSR count). The first-order chi connectivity index (χ1) is 5.45. The molecule has 0 atom stereocenters. The van der Waals surface area contributed by atoms with Crippen molar-refractivity contribution in [3.05, 3.63) is 20.1 Å². The van der Waals surface area contributed by atoms with Gasteiger partial charge in [0, 0.05) is 0 Å². The third kappa shape index (κ3) is 4.79. The Kier molecular flexibility index (Phi) is 5.61. The van der Waals surface area contributed by atoms with Crippen molar-refractivity contribution in [2.75, 3.05) is 0 Å². The van der Waals surface area contributed by atoms with Crippen molar-refractivity contribution < 1.29 is 0 Å². The summed E-state index contributed by atoms with van der Waals surface area (Å²) in [5.74, 6) is 6.01. The molecule has 66 valence electrons. The van der Waals surface area contributed by atoms with Crippen LogP contribution >= 0.6 is 31.9 Å². The molecular formula is C10H12Br2. The van der Waals surface area contributed by atoms with Crippen molar-refractivity contribution in [1.29, 1.82) is 0 Å². The van der Waals surface area contributed by atoms with Gasteiger partial charge in [-0.05, 0) is 59.6 Å². The van der Waals surface area contributed by atoms with Gasteiger partial charge in [-0.3, -0.25) is 0 Å². The molecule has 0 amide bonds. The molecular weight excluding hydrogens is 280 g/mol. The molecule has 0 fully saturated rings. The summed E-state index contributed by atoms with van der Waals surface area (Å²) in [6.07, 6.45) is 0. The van der Waals surface area contributed by atoms with Crippen LogP contribution in [0.15, 0.2) is 20.1 Å². The average molecular weight is 292 g/mol. The van der Waals surface area contributed by atoms with Crippen LogP contribution in [-0.2, 0) is 0 Å². The normalized spacial score (nSPS) is 8.17. The molecule has 0 bridgehead atoms. The molecule has 0 aromatic heterocycles. The van der Waals surface area contributed by atoms with Gasteiger partial charge in [0.15, 0.2) is 0 Å². The molecule has 0 nitrogen and oxygen atoms in total. The van der Waals surface area contributed by atoms with Crippen LogP contribution in [0, 0.1) is 11.8 Å². The molecule has 0 aliphatic heterocycles. The maximum Gasteiger partial charge on any atom is 0.0664 e. The highest BCUT2D eigenvalue weighted by Gasteiger charge is 1.89. The monoisotopic (exact) mass is 290 g/mol. The van der Waals surface area contributed by atoms with E-state index in [4.69, 9.17) is 0 Å². The lowest BCUT2D eigenvalue weighted by atomic mass is 10.3. The van der Waals surface area contributed by atoms with E-state index in [1.54, 1.807) is 0 Å². The zero-order chi connectivity index (χ0) is 9.72. The van der Waals surface area contributed by atoms with Crippen molar-refractivity contribution in [1.82, 2.24) is 0 Å². The number of rotatable bonds is 0. The average Bonchev–Trinajstić information content (AvgIpc) is 1.98. The molecule has 0 N–H and O–H groups in total. The fraction of sp³-hybridized carbons (Fsp3) is 0.400. The molecule has 0 heterocycles. The van der Waals surface area contributed by atoms with Crippen LogP contribution in [0.1, 0.15) is 27.7 Å². The minimum Gasteiger partial charge on any atom is -0.0537 e. The Hall–Kier alpha value is -0.0000000000000000555. The van der Waals surface area contributed by atoms with Gasteiger partial charge in [-0.1, -0.05) is 23.0 Å². The summed E-state index contributed by atoms with van der Waals surface area (Å²) < 4.78 is 1.92. The van der Waals surface area contributed by atoms with E-state index in [2.05, 4.69) is 43.7 Å². The van der Waals surface area contributed by atoms with E-state index in [0.29, 0.717) is 0 Å². The summed E-state index contributed by atoms with van der Waals surface area (Å²) in [6, 6.07) is 0. The molecule has 0 aliphatic rings. The first-order valence-electron chi connectivity index (χ1n) is 3.63. The maximum absolute atomic E-state index is 3.38. The lowest BCUT2D eigenvalue weighted by Gasteiger charge is -1.90. The number of hydrogen-bond acceptors (Lipinski definition) is 0. The van der Waals surface area contributed by atoms with Crippen molar-refractivity contribution in [3.63, 3.8) is 0 Å². The van der Waals surface area contributed by atoms with Gasteiger partial charge in [0.2, 0.25) is 0 Å². The minimum absolute atomic E-state index is 0.959. The largest absolute Gasteiger partial charge is 0.0664 e. The SMILES string of the molecule is CC(C)=C(Br)C#CC(Br)=C(C)C. The van der Waals surface area contributed by atoms with Crippen LogP contribution in [0.3, 0.4) is 0 Å². The van der Waals surface area contributed by atoms with Gasteiger partial charge in [-0.15, -0.1) is 0 Å². The van der Waals surface area contributed by atoms with E-state index in [9.17, 15) is 0 Å². The Morgan fingerprint density at radius 1 is 0.750 bits per heavy atom. The Labute approximate surface area is 91.4 Å². The van der Waals surface area contributed by atoms with Gasteiger partial charge in [-0.25, -0.2) is 0 Å². The second kappa shape index (κ2) is 5.61. The second-order valence-electron chi connectivity index (χ2n) is 2.88. The minimum atomic E-state index is 0.959. The van der Waals surface area contributed by atoms with Gasteiger partial charge in [0.05, 0.1) is 8.96 Å². The topological polar surface area (TPSA) is 0 Å². The standard InChI is InChI=1S/C10H12Br2/c1-7(2)9(11)5-6-10(12)8(3)4/h1-4H3. The summed E-state index contributed by atoms with van der Waals surface area (Å²) in [7, 11) is 0. The van der Waals surface area contributed by atoms with Gasteiger partial charge in [0.25, 0.3) is 0 Å². The molecule has 0 saturated carbocycles. The third-order valence-corrected chi connectivity index (χ3v) is 3.14. The highest BCUT2D eigenvalue weighted by molar-refractivity contribution is 9.12. The molecule has 0 unspecified atom stereocenters. The van der Waals surface area contributed by atoms with Crippen molar-refractivity contribution in [3.8, 4) is 11.8 Å². The fourth-order valence-electron chi connectivity index (χ4n) is 0.360. The van der Waals surface area contributed by atoms with Gasteiger partial charge < -0.3 is 0 Å². The molecule has 0 aliphatic carbocycles. The van der Waals surface area contributed by atoms with Crippen molar-refractivity contribution >= 4 is 31.9 Å². The first-order valence-corrected chi connectivity index (χ1v) is 5.21. The maximum atomic E-state index is 3.38. The highest BCUT2D eigenvalue weighted by atomic mass is 79.9. The summed E-state index contributed by atoms with van der Waals surface area (Å²) in [5.41, 5.74) is 2.38. The summed E-state index contributed by atoms with van der Waals surface area (Å²) >= 11 is 6.76. The van der Waals surface area contributed by atoms with Crippen LogP contribution in [0.5, 0.6) is 0 Å². The molecule has 2 heteroatoms. The van der Waals surface area contributed by atoms with E-state index in [1.165, 1.54) is 11.1 Å². The van der Waals surface area contributed by atoms with E-state index >= 15 is 0 Å². The van der Waals surface area contributed by atoms with E-state index in [0.717, 1.165) is 8.96 Å². The van der Waals surface area contributed by atoms with Crippen LogP contribution in [0.25, 0.3) is 0 Å². The van der Waals surface area contributed by atoms with Crippen LogP contribution in [0.2, 0.25) is 0 Å². The van der Waals surface area contributed by atoms with E-state index < -0.39 is 0 Å². The molecule has 0 aromatic carbocycles. The lowest BCUT2D eigenvalue weighted by molar-refractivity contribution is 1.39. The van der Waals surface area contributed by atoms with E-state index in [1.807, 2.05) is 27.7 Å². The zero-order valence-electron chi connectivity index (χ0n) is 7.76. The van der Waals surface area contributed by atoms with Crippen LogP contribution < -0.4 is 0 Å². The third-order valence-electron chi connectivity index (χ3n) is 1.16. The second-order valence-corrected chi connectivity index (χ2v) is 4.46. The molecule has 0 radical (unpaired) electrons. The van der Waals surface area contributed by atoms with Gasteiger partial charge >= 0.3 is 0 Å². The molecule has 0 spiro atoms. The van der Waals surface area contributed by atoms with Crippen LogP contribution in [0.4, 0.5) is 0 Å². The highest BCUT2D eigenvalue weighted by Crippen LogP contribution is 2.13. The molecule has 0 saturated heterocycles. The quantitative estimate of drug-likeness (QED) is 0.582. The Morgan fingerprint density at radius 3 is 1.17 bits per heavy atom. The lowest BCUT2D eigenvalue weighted by Crippen LogP contribution is -1.72. The first kappa shape index (κ1) is 12.0. The number of allylic oxidation sites excluding steroid dienone is 4. The van der Waals surface area contributed by atoms with Crippen LogP contribution in [-0.4, -0.2) is 0 Å². The Balaban J connectivity index is 4.66.